The number of hydrogen-bond donors (Lipinski definition) is 2. The topological polar surface area (TPSA) is 76.7 Å². The Morgan fingerprint density at radius 1 is 1.14 bits per heavy atom. The van der Waals surface area contributed by atoms with Crippen LogP contribution in [0, 0.1) is 5.92 Å². The normalized spacial score (nSPS) is 11.7. The second-order valence-electron chi connectivity index (χ2n) is 5.24. The lowest BCUT2D eigenvalue weighted by atomic mass is 10.1. The van der Waals surface area contributed by atoms with E-state index in [-0.39, 0.29) is 11.9 Å². The number of amides is 2. The molecule has 22 heavy (non-hydrogen) atoms. The molecule has 0 spiro atoms. The van der Waals surface area contributed by atoms with E-state index < -0.39 is 12.0 Å². The molecule has 6 heteroatoms. The van der Waals surface area contributed by atoms with Gasteiger partial charge < -0.3 is 20.1 Å². The van der Waals surface area contributed by atoms with Crippen LogP contribution in [0.15, 0.2) is 24.3 Å². The van der Waals surface area contributed by atoms with Gasteiger partial charge >= 0.3 is 12.0 Å². The molecule has 0 saturated heterocycles. The predicted molar refractivity (Wildman–Crippen MR) is 83.9 cm³/mol. The average Bonchev–Trinajstić information content (AvgIpc) is 2.52. The molecule has 0 bridgehead atoms. The maximum Gasteiger partial charge on any atom is 0.328 e. The summed E-state index contributed by atoms with van der Waals surface area (Å²) in [5.41, 5.74) is 1.09. The van der Waals surface area contributed by atoms with Crippen molar-refractivity contribution in [1.29, 1.82) is 0 Å². The van der Waals surface area contributed by atoms with E-state index in [0.717, 1.165) is 11.3 Å². The summed E-state index contributed by atoms with van der Waals surface area (Å²) in [6, 6.07) is 6.62. The first-order valence-corrected chi connectivity index (χ1v) is 7.23. The molecule has 0 saturated carbocycles. The Morgan fingerprint density at radius 3 is 2.27 bits per heavy atom. The van der Waals surface area contributed by atoms with Gasteiger partial charge in [-0.1, -0.05) is 26.0 Å². The Morgan fingerprint density at radius 2 is 1.77 bits per heavy atom. The van der Waals surface area contributed by atoms with E-state index in [1.807, 2.05) is 38.1 Å². The van der Waals surface area contributed by atoms with Gasteiger partial charge in [-0.2, -0.15) is 0 Å². The van der Waals surface area contributed by atoms with Gasteiger partial charge in [0.15, 0.2) is 0 Å². The lowest BCUT2D eigenvalue weighted by Gasteiger charge is -2.20. The van der Waals surface area contributed by atoms with E-state index in [9.17, 15) is 9.59 Å². The van der Waals surface area contributed by atoms with E-state index in [1.54, 1.807) is 7.11 Å². The van der Waals surface area contributed by atoms with Crippen molar-refractivity contribution in [2.45, 2.75) is 26.3 Å². The third-order valence-electron chi connectivity index (χ3n) is 3.27. The molecule has 1 aromatic rings. The number of urea groups is 1. The van der Waals surface area contributed by atoms with Crippen LogP contribution in [0.5, 0.6) is 5.75 Å². The van der Waals surface area contributed by atoms with Gasteiger partial charge in [0.1, 0.15) is 11.8 Å². The zero-order valence-corrected chi connectivity index (χ0v) is 13.5. The van der Waals surface area contributed by atoms with E-state index in [1.165, 1.54) is 7.11 Å². The van der Waals surface area contributed by atoms with Gasteiger partial charge in [0.2, 0.25) is 0 Å². The molecule has 0 fully saturated rings. The van der Waals surface area contributed by atoms with Crippen LogP contribution in [-0.2, 0) is 16.0 Å². The highest BCUT2D eigenvalue weighted by Gasteiger charge is 2.24. The van der Waals surface area contributed by atoms with Gasteiger partial charge in [-0.05, 0) is 30.0 Å². The minimum atomic E-state index is -0.647. The molecule has 0 aliphatic heterocycles. The molecule has 0 aliphatic rings. The SMILES string of the molecule is COC(=O)[C@@H](NC(=O)NCCc1ccc(OC)cc1)C(C)C. The van der Waals surface area contributed by atoms with Crippen LogP contribution < -0.4 is 15.4 Å². The molecule has 0 aliphatic carbocycles. The molecular formula is C16H24N2O4. The zero-order valence-electron chi connectivity index (χ0n) is 13.5. The molecule has 2 N–H and O–H groups in total. The highest BCUT2D eigenvalue weighted by molar-refractivity contribution is 5.83. The van der Waals surface area contributed by atoms with Crippen molar-refractivity contribution in [3.63, 3.8) is 0 Å². The highest BCUT2D eigenvalue weighted by Crippen LogP contribution is 2.11. The van der Waals surface area contributed by atoms with Crippen LogP contribution in [-0.4, -0.2) is 38.8 Å². The summed E-state index contributed by atoms with van der Waals surface area (Å²) in [6.07, 6.45) is 0.696. The monoisotopic (exact) mass is 308 g/mol. The van der Waals surface area contributed by atoms with Crippen LogP contribution in [0.25, 0.3) is 0 Å². The second kappa shape index (κ2) is 8.92. The Hall–Kier alpha value is -2.24. The number of benzene rings is 1. The number of carbonyl (C=O) groups is 2. The number of esters is 1. The quantitative estimate of drug-likeness (QED) is 0.752. The molecule has 6 nitrogen and oxygen atoms in total. The van der Waals surface area contributed by atoms with Crippen molar-refractivity contribution in [3.8, 4) is 5.75 Å². The van der Waals surface area contributed by atoms with Gasteiger partial charge in [-0.3, -0.25) is 0 Å². The van der Waals surface area contributed by atoms with Gasteiger partial charge in [0, 0.05) is 6.54 Å². The molecule has 0 radical (unpaired) electrons. The van der Waals surface area contributed by atoms with Crippen LogP contribution in [0.2, 0.25) is 0 Å². The Balaban J connectivity index is 2.40. The molecular weight excluding hydrogens is 284 g/mol. The molecule has 0 heterocycles. The molecule has 0 aromatic heterocycles. The van der Waals surface area contributed by atoms with Gasteiger partial charge in [0.05, 0.1) is 14.2 Å². The summed E-state index contributed by atoms with van der Waals surface area (Å²) in [5, 5.41) is 5.36. The predicted octanol–water partition coefficient (Wildman–Crippen LogP) is 1.73. The number of hydrogen-bond acceptors (Lipinski definition) is 4. The van der Waals surface area contributed by atoms with Crippen LogP contribution in [0.4, 0.5) is 4.79 Å². The number of carbonyl (C=O) groups excluding carboxylic acids is 2. The van der Waals surface area contributed by atoms with Crippen LogP contribution in [0.3, 0.4) is 0 Å². The van der Waals surface area contributed by atoms with Crippen molar-refractivity contribution in [2.75, 3.05) is 20.8 Å². The van der Waals surface area contributed by atoms with E-state index in [2.05, 4.69) is 15.4 Å². The summed E-state index contributed by atoms with van der Waals surface area (Å²) in [7, 11) is 2.92. The Bertz CT molecular complexity index is 485. The van der Waals surface area contributed by atoms with E-state index in [0.29, 0.717) is 13.0 Å². The lowest BCUT2D eigenvalue weighted by molar-refractivity contribution is -0.143. The first kappa shape index (κ1) is 17.8. The first-order chi connectivity index (χ1) is 10.5. The standard InChI is InChI=1S/C16H24N2O4/c1-11(2)14(15(19)22-4)18-16(20)17-10-9-12-5-7-13(21-3)8-6-12/h5-8,11,14H,9-10H2,1-4H3,(H2,17,18,20)/t14-/m0/s1. The summed E-state index contributed by atoms with van der Waals surface area (Å²) >= 11 is 0. The second-order valence-corrected chi connectivity index (χ2v) is 5.24. The smallest absolute Gasteiger partial charge is 0.328 e. The molecule has 1 atom stereocenters. The third kappa shape index (κ3) is 5.63. The minimum Gasteiger partial charge on any atom is -0.497 e. The van der Waals surface area contributed by atoms with Crippen molar-refractivity contribution >= 4 is 12.0 Å². The number of ether oxygens (including phenoxy) is 2. The Labute approximate surface area is 131 Å². The minimum absolute atomic E-state index is 0.0419. The maximum atomic E-state index is 11.8. The fourth-order valence-corrected chi connectivity index (χ4v) is 1.93. The summed E-state index contributed by atoms with van der Waals surface area (Å²) in [4.78, 5) is 23.4. The van der Waals surface area contributed by atoms with Gasteiger partial charge in [0.25, 0.3) is 0 Å². The lowest BCUT2D eigenvalue weighted by Crippen LogP contribution is -2.49. The summed E-state index contributed by atoms with van der Waals surface area (Å²) < 4.78 is 9.76. The van der Waals surface area contributed by atoms with Gasteiger partial charge in [-0.15, -0.1) is 0 Å². The van der Waals surface area contributed by atoms with Crippen LogP contribution >= 0.6 is 0 Å². The number of rotatable bonds is 7. The van der Waals surface area contributed by atoms with Crippen molar-refractivity contribution < 1.29 is 19.1 Å². The third-order valence-corrected chi connectivity index (χ3v) is 3.27. The van der Waals surface area contributed by atoms with Crippen molar-refractivity contribution in [2.24, 2.45) is 5.92 Å². The number of methoxy groups -OCH3 is 2. The summed E-state index contributed by atoms with van der Waals surface area (Å²) in [5.74, 6) is 0.312. The van der Waals surface area contributed by atoms with Gasteiger partial charge in [-0.25, -0.2) is 9.59 Å². The van der Waals surface area contributed by atoms with Crippen LogP contribution in [0.1, 0.15) is 19.4 Å². The fourth-order valence-electron chi connectivity index (χ4n) is 1.93. The molecule has 1 aromatic carbocycles. The molecule has 1 rings (SSSR count). The fraction of sp³-hybridized carbons (Fsp3) is 0.500. The molecule has 2 amide bonds. The van der Waals surface area contributed by atoms with Crippen molar-refractivity contribution in [1.82, 2.24) is 10.6 Å². The highest BCUT2D eigenvalue weighted by atomic mass is 16.5. The molecule has 122 valence electrons. The summed E-state index contributed by atoms with van der Waals surface area (Å²) in [6.45, 7) is 4.17. The molecule has 0 unspecified atom stereocenters. The first-order valence-electron chi connectivity index (χ1n) is 7.23. The zero-order chi connectivity index (χ0) is 16.5. The van der Waals surface area contributed by atoms with Crippen molar-refractivity contribution in [3.05, 3.63) is 29.8 Å². The Kier molecular flexibility index (Phi) is 7.22. The van der Waals surface area contributed by atoms with E-state index in [4.69, 9.17) is 4.74 Å². The number of nitrogens with one attached hydrogen (secondary N) is 2. The largest absolute Gasteiger partial charge is 0.497 e. The average molecular weight is 308 g/mol. The maximum absolute atomic E-state index is 11.8. The van der Waals surface area contributed by atoms with E-state index >= 15 is 0 Å².